The molecule has 1 unspecified atom stereocenters. The third kappa shape index (κ3) is 4.95. The summed E-state index contributed by atoms with van der Waals surface area (Å²) in [5.41, 5.74) is 0. The molecule has 5 nitrogen and oxygen atoms in total. The van der Waals surface area contributed by atoms with Crippen molar-refractivity contribution in [2.75, 3.05) is 6.61 Å². The highest BCUT2D eigenvalue weighted by Gasteiger charge is 2.21. The van der Waals surface area contributed by atoms with Gasteiger partial charge >= 0.3 is 11.9 Å². The van der Waals surface area contributed by atoms with Gasteiger partial charge in [0.1, 0.15) is 6.29 Å². The Balaban J connectivity index is 4.13. The predicted molar refractivity (Wildman–Crippen MR) is 42.9 cm³/mol. The molecule has 0 aromatic heterocycles. The molecule has 0 radical (unpaired) electrons. The predicted octanol–water partition coefficient (Wildman–Crippen LogP) is 0.0702. The van der Waals surface area contributed by atoms with E-state index in [2.05, 4.69) is 9.47 Å². The maximum atomic E-state index is 11.0. The lowest BCUT2D eigenvalue weighted by molar-refractivity contribution is -0.166. The van der Waals surface area contributed by atoms with Crippen molar-refractivity contribution < 1.29 is 23.9 Å². The Morgan fingerprint density at radius 3 is 2.46 bits per heavy atom. The summed E-state index contributed by atoms with van der Waals surface area (Å²) in [5.74, 6) is -1.30. The zero-order chi connectivity index (χ0) is 10.3. The van der Waals surface area contributed by atoms with Crippen molar-refractivity contribution in [3.63, 3.8) is 0 Å². The maximum Gasteiger partial charge on any atom is 0.347 e. The third-order valence-corrected chi connectivity index (χ3v) is 1.17. The van der Waals surface area contributed by atoms with Crippen LogP contribution in [-0.2, 0) is 23.9 Å². The second-order valence-electron chi connectivity index (χ2n) is 2.25. The van der Waals surface area contributed by atoms with Crippen LogP contribution in [0.4, 0.5) is 0 Å². The molecule has 0 aliphatic carbocycles. The molecule has 1 atom stereocenters. The van der Waals surface area contributed by atoms with E-state index in [1.54, 1.807) is 6.92 Å². The largest absolute Gasteiger partial charge is 0.463 e. The summed E-state index contributed by atoms with van der Waals surface area (Å²) in [6.07, 6.45) is -0.766. The highest BCUT2D eigenvalue weighted by molar-refractivity contribution is 5.81. The van der Waals surface area contributed by atoms with Crippen LogP contribution in [-0.4, -0.2) is 30.9 Å². The minimum Gasteiger partial charge on any atom is -0.463 e. The van der Waals surface area contributed by atoms with Crippen LogP contribution in [0.1, 0.15) is 20.3 Å². The molecule has 0 aliphatic heterocycles. The van der Waals surface area contributed by atoms with Gasteiger partial charge in [-0.15, -0.1) is 0 Å². The molecule has 0 aromatic rings. The molecule has 0 spiro atoms. The van der Waals surface area contributed by atoms with Crippen molar-refractivity contribution in [1.82, 2.24) is 0 Å². The second kappa shape index (κ2) is 6.16. The molecule has 0 aromatic carbocycles. The molecule has 0 bridgehead atoms. The van der Waals surface area contributed by atoms with E-state index in [0.29, 0.717) is 6.29 Å². The monoisotopic (exact) mass is 188 g/mol. The smallest absolute Gasteiger partial charge is 0.347 e. The molecule has 0 aliphatic rings. The fourth-order valence-corrected chi connectivity index (χ4v) is 0.715. The van der Waals surface area contributed by atoms with Crippen LogP contribution in [0.5, 0.6) is 0 Å². The van der Waals surface area contributed by atoms with Crippen LogP contribution >= 0.6 is 0 Å². The summed E-state index contributed by atoms with van der Waals surface area (Å²) in [6, 6.07) is 0. The normalized spacial score (nSPS) is 11.5. The maximum absolute atomic E-state index is 11.0. The number of rotatable bonds is 5. The highest BCUT2D eigenvalue weighted by Crippen LogP contribution is 2.00. The number of esters is 2. The zero-order valence-electron chi connectivity index (χ0n) is 7.61. The van der Waals surface area contributed by atoms with Crippen LogP contribution in [0, 0.1) is 0 Å². The van der Waals surface area contributed by atoms with Crippen molar-refractivity contribution in [1.29, 1.82) is 0 Å². The standard InChI is InChI=1S/C8H12O5/c1-3-12-8(11)7(4-5-9)13-6(2)10/h5,7H,3-4H2,1-2H3. The first-order valence-corrected chi connectivity index (χ1v) is 3.89. The highest BCUT2D eigenvalue weighted by atomic mass is 16.6. The van der Waals surface area contributed by atoms with Gasteiger partial charge in [-0.2, -0.15) is 0 Å². The van der Waals surface area contributed by atoms with E-state index in [1.165, 1.54) is 0 Å². The van der Waals surface area contributed by atoms with Crippen molar-refractivity contribution in [2.45, 2.75) is 26.4 Å². The molecular formula is C8H12O5. The SMILES string of the molecule is CCOC(=O)C(CC=O)OC(C)=O. The lowest BCUT2D eigenvalue weighted by Crippen LogP contribution is -2.28. The van der Waals surface area contributed by atoms with Crippen molar-refractivity contribution >= 4 is 18.2 Å². The van der Waals surface area contributed by atoms with Gasteiger partial charge in [0.25, 0.3) is 0 Å². The van der Waals surface area contributed by atoms with Gasteiger partial charge in [-0.3, -0.25) is 4.79 Å². The number of hydrogen-bond acceptors (Lipinski definition) is 5. The molecule has 5 heteroatoms. The Bertz CT molecular complexity index is 199. The molecule has 74 valence electrons. The van der Waals surface area contributed by atoms with Gasteiger partial charge in [-0.25, -0.2) is 4.79 Å². The Hall–Kier alpha value is -1.39. The van der Waals surface area contributed by atoms with Gasteiger partial charge < -0.3 is 14.3 Å². The summed E-state index contributed by atoms with van der Waals surface area (Å²) in [5, 5.41) is 0. The van der Waals surface area contributed by atoms with Crippen LogP contribution in [0.2, 0.25) is 0 Å². The van der Waals surface area contributed by atoms with E-state index in [0.717, 1.165) is 6.92 Å². The summed E-state index contributed by atoms with van der Waals surface area (Å²) in [6.45, 7) is 2.98. The number of carbonyl (C=O) groups is 3. The summed E-state index contributed by atoms with van der Waals surface area (Å²) in [4.78, 5) is 31.6. The fraction of sp³-hybridized carbons (Fsp3) is 0.625. The molecule has 0 heterocycles. The van der Waals surface area contributed by atoms with E-state index in [-0.39, 0.29) is 13.0 Å². The van der Waals surface area contributed by atoms with Crippen LogP contribution in [0.15, 0.2) is 0 Å². The van der Waals surface area contributed by atoms with Crippen molar-refractivity contribution in [2.24, 2.45) is 0 Å². The summed E-state index contributed by atoms with van der Waals surface area (Å²) >= 11 is 0. The van der Waals surface area contributed by atoms with Gasteiger partial charge in [0.2, 0.25) is 6.10 Å². The lowest BCUT2D eigenvalue weighted by atomic mass is 10.3. The van der Waals surface area contributed by atoms with Crippen LogP contribution in [0.25, 0.3) is 0 Å². The van der Waals surface area contributed by atoms with E-state index >= 15 is 0 Å². The average molecular weight is 188 g/mol. The Morgan fingerprint density at radius 2 is 2.08 bits per heavy atom. The first kappa shape index (κ1) is 11.6. The number of aldehydes is 1. The van der Waals surface area contributed by atoms with E-state index < -0.39 is 18.0 Å². The van der Waals surface area contributed by atoms with Gasteiger partial charge in [0.05, 0.1) is 13.0 Å². The first-order chi connectivity index (χ1) is 6.11. The molecule has 0 N–H and O–H groups in total. The molecule has 0 rings (SSSR count). The minimum absolute atomic E-state index is 0.168. The van der Waals surface area contributed by atoms with Gasteiger partial charge in [-0.1, -0.05) is 0 Å². The minimum atomic E-state index is -1.10. The topological polar surface area (TPSA) is 69.7 Å². The summed E-state index contributed by atoms with van der Waals surface area (Å²) in [7, 11) is 0. The van der Waals surface area contributed by atoms with E-state index in [4.69, 9.17) is 0 Å². The first-order valence-electron chi connectivity index (χ1n) is 3.89. The fourth-order valence-electron chi connectivity index (χ4n) is 0.715. The van der Waals surface area contributed by atoms with Crippen molar-refractivity contribution in [3.05, 3.63) is 0 Å². The number of hydrogen-bond donors (Lipinski definition) is 0. The Morgan fingerprint density at radius 1 is 1.46 bits per heavy atom. The second-order valence-corrected chi connectivity index (χ2v) is 2.25. The van der Waals surface area contributed by atoms with E-state index in [1.807, 2.05) is 0 Å². The van der Waals surface area contributed by atoms with E-state index in [9.17, 15) is 14.4 Å². The van der Waals surface area contributed by atoms with Gasteiger partial charge in [0, 0.05) is 6.92 Å². The summed E-state index contributed by atoms with van der Waals surface area (Å²) < 4.78 is 9.14. The molecule has 13 heavy (non-hydrogen) atoms. The molecule has 0 saturated carbocycles. The van der Waals surface area contributed by atoms with Crippen molar-refractivity contribution in [3.8, 4) is 0 Å². The number of carbonyl (C=O) groups excluding carboxylic acids is 3. The zero-order valence-corrected chi connectivity index (χ0v) is 7.61. The molecule has 0 fully saturated rings. The quantitative estimate of drug-likeness (QED) is 0.451. The van der Waals surface area contributed by atoms with Crippen LogP contribution < -0.4 is 0 Å². The third-order valence-electron chi connectivity index (χ3n) is 1.17. The lowest BCUT2D eigenvalue weighted by Gasteiger charge is -2.12. The molecular weight excluding hydrogens is 176 g/mol. The number of ether oxygens (including phenoxy) is 2. The van der Waals surface area contributed by atoms with Gasteiger partial charge in [0.15, 0.2) is 0 Å². The van der Waals surface area contributed by atoms with Gasteiger partial charge in [-0.05, 0) is 6.92 Å². The Labute approximate surface area is 76.0 Å². The Kier molecular flexibility index (Phi) is 5.50. The molecule has 0 amide bonds. The average Bonchev–Trinajstić information content (AvgIpc) is 2.03. The van der Waals surface area contributed by atoms with Crippen LogP contribution in [0.3, 0.4) is 0 Å². The molecule has 0 saturated heterocycles.